The lowest BCUT2D eigenvalue weighted by Gasteiger charge is -2.36. The SMILES string of the molecule is CC(C)C(=S)NC[C@H]1CN(c2ccc(N3CCN(C(=O)CO)CC3)c(F)c2)C(=O)O1. The summed E-state index contributed by atoms with van der Waals surface area (Å²) in [4.78, 5) is 29.3. The molecule has 2 heterocycles. The molecule has 0 saturated carbocycles. The molecule has 2 aliphatic rings. The molecular weight excluding hydrogens is 411 g/mol. The number of aliphatic hydroxyl groups excluding tert-OH is 1. The molecule has 0 spiro atoms. The van der Waals surface area contributed by atoms with Gasteiger partial charge in [0.15, 0.2) is 0 Å². The Labute approximate surface area is 180 Å². The number of cyclic esters (lactones) is 1. The monoisotopic (exact) mass is 438 g/mol. The number of carbonyl (C=O) groups is 2. The number of carbonyl (C=O) groups excluding carboxylic acids is 2. The fraction of sp³-hybridized carbons (Fsp3) is 0.550. The van der Waals surface area contributed by atoms with Crippen molar-refractivity contribution in [1.82, 2.24) is 10.2 Å². The van der Waals surface area contributed by atoms with Crippen LogP contribution in [0.5, 0.6) is 0 Å². The molecule has 3 rings (SSSR count). The number of hydrogen-bond acceptors (Lipinski definition) is 6. The normalized spacial score (nSPS) is 19.3. The average molecular weight is 439 g/mol. The van der Waals surface area contributed by atoms with Crippen LogP contribution in [0.2, 0.25) is 0 Å². The van der Waals surface area contributed by atoms with Crippen molar-refractivity contribution in [2.75, 3.05) is 55.7 Å². The largest absolute Gasteiger partial charge is 0.442 e. The van der Waals surface area contributed by atoms with Crippen LogP contribution >= 0.6 is 12.2 Å². The molecule has 1 atom stereocenters. The molecule has 1 aromatic rings. The summed E-state index contributed by atoms with van der Waals surface area (Å²) < 4.78 is 20.2. The third-order valence-electron chi connectivity index (χ3n) is 5.25. The van der Waals surface area contributed by atoms with Crippen molar-refractivity contribution in [3.8, 4) is 0 Å². The Hall–Kier alpha value is -2.46. The number of rotatable bonds is 6. The zero-order valence-electron chi connectivity index (χ0n) is 17.1. The topological polar surface area (TPSA) is 85.4 Å². The molecule has 2 aliphatic heterocycles. The minimum atomic E-state index is -0.519. The van der Waals surface area contributed by atoms with Gasteiger partial charge in [-0.15, -0.1) is 0 Å². The quantitative estimate of drug-likeness (QED) is 0.649. The number of amides is 2. The number of nitrogens with zero attached hydrogens (tertiary/aromatic N) is 3. The van der Waals surface area contributed by atoms with E-state index < -0.39 is 18.5 Å². The van der Waals surface area contributed by atoms with Crippen molar-refractivity contribution in [1.29, 1.82) is 0 Å². The van der Waals surface area contributed by atoms with Gasteiger partial charge in [-0.05, 0) is 18.2 Å². The van der Waals surface area contributed by atoms with E-state index in [2.05, 4.69) is 5.32 Å². The summed E-state index contributed by atoms with van der Waals surface area (Å²) in [5.41, 5.74) is 0.854. The smallest absolute Gasteiger partial charge is 0.414 e. The Morgan fingerprint density at radius 2 is 2.03 bits per heavy atom. The Balaban J connectivity index is 1.61. The van der Waals surface area contributed by atoms with E-state index in [4.69, 9.17) is 22.1 Å². The maximum atomic E-state index is 14.8. The fourth-order valence-corrected chi connectivity index (χ4v) is 3.56. The Morgan fingerprint density at radius 3 is 2.63 bits per heavy atom. The minimum Gasteiger partial charge on any atom is -0.442 e. The van der Waals surface area contributed by atoms with Crippen LogP contribution in [0.15, 0.2) is 18.2 Å². The zero-order valence-corrected chi connectivity index (χ0v) is 18.0. The number of benzene rings is 1. The summed E-state index contributed by atoms with van der Waals surface area (Å²) in [6.07, 6.45) is -0.880. The molecular formula is C20H27FN4O4S. The number of ether oxygens (including phenoxy) is 1. The van der Waals surface area contributed by atoms with Crippen molar-refractivity contribution in [2.24, 2.45) is 5.92 Å². The predicted octanol–water partition coefficient (Wildman–Crippen LogP) is 1.36. The second-order valence-electron chi connectivity index (χ2n) is 7.68. The van der Waals surface area contributed by atoms with Crippen molar-refractivity contribution < 1.29 is 23.8 Å². The molecule has 0 aliphatic carbocycles. The molecule has 2 saturated heterocycles. The van der Waals surface area contributed by atoms with E-state index in [-0.39, 0.29) is 17.9 Å². The minimum absolute atomic E-state index is 0.207. The lowest BCUT2D eigenvalue weighted by Crippen LogP contribution is -2.49. The lowest BCUT2D eigenvalue weighted by atomic mass is 10.2. The van der Waals surface area contributed by atoms with Gasteiger partial charge in [-0.25, -0.2) is 9.18 Å². The maximum absolute atomic E-state index is 14.8. The van der Waals surface area contributed by atoms with Crippen LogP contribution in [-0.4, -0.2) is 79.0 Å². The molecule has 2 amide bonds. The Bertz CT molecular complexity index is 814. The first-order chi connectivity index (χ1) is 14.3. The van der Waals surface area contributed by atoms with Gasteiger partial charge in [-0.3, -0.25) is 9.69 Å². The number of thiocarbonyl (C=S) groups is 1. The van der Waals surface area contributed by atoms with Crippen LogP contribution in [0.4, 0.5) is 20.6 Å². The Morgan fingerprint density at radius 1 is 1.33 bits per heavy atom. The molecule has 10 heteroatoms. The molecule has 0 aromatic heterocycles. The summed E-state index contributed by atoms with van der Waals surface area (Å²) >= 11 is 5.23. The summed E-state index contributed by atoms with van der Waals surface area (Å²) in [7, 11) is 0. The highest BCUT2D eigenvalue weighted by Crippen LogP contribution is 2.28. The zero-order chi connectivity index (χ0) is 21.8. The number of anilines is 2. The van der Waals surface area contributed by atoms with Crippen LogP contribution in [0.3, 0.4) is 0 Å². The summed E-state index contributed by atoms with van der Waals surface area (Å²) in [5.74, 6) is -0.556. The lowest BCUT2D eigenvalue weighted by molar-refractivity contribution is -0.134. The van der Waals surface area contributed by atoms with E-state index in [1.165, 1.54) is 11.0 Å². The highest BCUT2D eigenvalue weighted by Gasteiger charge is 2.33. The number of hydrogen-bond donors (Lipinski definition) is 2. The third kappa shape index (κ3) is 4.99. The van der Waals surface area contributed by atoms with Crippen LogP contribution in [-0.2, 0) is 9.53 Å². The Kier molecular flexibility index (Phi) is 7.09. The highest BCUT2D eigenvalue weighted by atomic mass is 32.1. The van der Waals surface area contributed by atoms with Crippen molar-refractivity contribution >= 4 is 40.6 Å². The van der Waals surface area contributed by atoms with Gasteiger partial charge < -0.3 is 25.0 Å². The van der Waals surface area contributed by atoms with Gasteiger partial charge in [0.1, 0.15) is 18.5 Å². The van der Waals surface area contributed by atoms with Crippen LogP contribution in [0.25, 0.3) is 0 Å². The molecule has 8 nitrogen and oxygen atoms in total. The van der Waals surface area contributed by atoms with Gasteiger partial charge >= 0.3 is 6.09 Å². The summed E-state index contributed by atoms with van der Waals surface area (Å²) in [5, 5.41) is 12.1. The van der Waals surface area contributed by atoms with E-state index in [9.17, 15) is 14.0 Å². The van der Waals surface area contributed by atoms with Crippen molar-refractivity contribution in [3.63, 3.8) is 0 Å². The second-order valence-corrected chi connectivity index (χ2v) is 8.12. The first kappa shape index (κ1) is 22.2. The highest BCUT2D eigenvalue weighted by molar-refractivity contribution is 7.80. The average Bonchev–Trinajstić information content (AvgIpc) is 3.12. The van der Waals surface area contributed by atoms with Gasteiger partial charge in [-0.1, -0.05) is 26.1 Å². The van der Waals surface area contributed by atoms with Gasteiger partial charge in [0.25, 0.3) is 0 Å². The van der Waals surface area contributed by atoms with Gasteiger partial charge in [0, 0.05) is 32.1 Å². The van der Waals surface area contributed by atoms with Crippen LogP contribution in [0.1, 0.15) is 13.8 Å². The fourth-order valence-electron chi connectivity index (χ4n) is 3.47. The van der Waals surface area contributed by atoms with E-state index in [1.54, 1.807) is 17.0 Å². The molecule has 30 heavy (non-hydrogen) atoms. The molecule has 0 radical (unpaired) electrons. The van der Waals surface area contributed by atoms with Gasteiger partial charge in [-0.2, -0.15) is 0 Å². The number of halogens is 1. The number of piperazine rings is 1. The molecule has 2 fully saturated rings. The van der Waals surface area contributed by atoms with Crippen LogP contribution < -0.4 is 15.1 Å². The first-order valence-electron chi connectivity index (χ1n) is 9.99. The van der Waals surface area contributed by atoms with Gasteiger partial charge in [0.05, 0.1) is 29.5 Å². The van der Waals surface area contributed by atoms with Crippen molar-refractivity contribution in [2.45, 2.75) is 20.0 Å². The van der Waals surface area contributed by atoms with E-state index in [0.29, 0.717) is 55.6 Å². The summed E-state index contributed by atoms with van der Waals surface area (Å²) in [6, 6.07) is 4.66. The molecule has 0 unspecified atom stereocenters. The molecule has 2 N–H and O–H groups in total. The second kappa shape index (κ2) is 9.57. The standard InChI is InChI=1S/C20H27FN4O4S/c1-13(2)19(30)22-10-15-11-25(20(28)29-15)14-3-4-17(16(21)9-14)23-5-7-24(8-6-23)18(27)12-26/h3-4,9,13,15,26H,5-8,10-12H2,1-2H3,(H,22,30)/t15-/m0/s1. The molecule has 0 bridgehead atoms. The molecule has 1 aromatic carbocycles. The van der Waals surface area contributed by atoms with Crippen LogP contribution in [0, 0.1) is 11.7 Å². The van der Waals surface area contributed by atoms with E-state index in [1.807, 2.05) is 18.7 Å². The number of aliphatic hydroxyl groups is 1. The van der Waals surface area contributed by atoms with E-state index >= 15 is 0 Å². The predicted molar refractivity (Wildman–Crippen MR) is 115 cm³/mol. The molecule has 164 valence electrons. The van der Waals surface area contributed by atoms with Crippen molar-refractivity contribution in [3.05, 3.63) is 24.0 Å². The van der Waals surface area contributed by atoms with E-state index in [0.717, 1.165) is 0 Å². The first-order valence-corrected chi connectivity index (χ1v) is 10.4. The third-order valence-corrected chi connectivity index (χ3v) is 5.87. The maximum Gasteiger partial charge on any atom is 0.414 e. The number of nitrogens with one attached hydrogen (secondary N) is 1. The van der Waals surface area contributed by atoms with Gasteiger partial charge in [0.2, 0.25) is 5.91 Å². The summed E-state index contributed by atoms with van der Waals surface area (Å²) in [6.45, 7) is 5.96.